The van der Waals surface area contributed by atoms with Crippen molar-refractivity contribution < 1.29 is 13.2 Å². The average molecular weight is 358 g/mol. The van der Waals surface area contributed by atoms with Gasteiger partial charge in [-0.25, -0.2) is 13.4 Å². The number of carbonyl (C=O) groups is 1. The van der Waals surface area contributed by atoms with Gasteiger partial charge in [-0.2, -0.15) is 0 Å². The maximum atomic E-state index is 12.2. The van der Waals surface area contributed by atoms with E-state index in [0.29, 0.717) is 22.3 Å². The predicted octanol–water partition coefficient (Wildman–Crippen LogP) is 1.85. The Kier molecular flexibility index (Phi) is 4.05. The molecule has 0 unspecified atom stereocenters. The summed E-state index contributed by atoms with van der Waals surface area (Å²) in [7, 11) is -1.81. The number of aldehydes is 1. The highest BCUT2D eigenvalue weighted by atomic mass is 79.9. The maximum absolute atomic E-state index is 12.2. The molecule has 2 rings (SSSR count). The molecule has 20 heavy (non-hydrogen) atoms. The van der Waals surface area contributed by atoms with Crippen molar-refractivity contribution in [2.24, 2.45) is 7.05 Å². The summed E-state index contributed by atoms with van der Waals surface area (Å²) in [6, 6.07) is 1.50. The van der Waals surface area contributed by atoms with E-state index in [0.717, 1.165) is 0 Å². The van der Waals surface area contributed by atoms with Crippen LogP contribution >= 0.6 is 15.9 Å². The molecular weight excluding hydrogens is 346 g/mol. The second-order valence-corrected chi connectivity index (χ2v) is 7.25. The Morgan fingerprint density at radius 1 is 1.35 bits per heavy atom. The van der Waals surface area contributed by atoms with Gasteiger partial charge in [-0.1, -0.05) is 6.92 Å². The lowest BCUT2D eigenvalue weighted by atomic mass is 10.3. The van der Waals surface area contributed by atoms with E-state index in [9.17, 15) is 13.2 Å². The van der Waals surface area contributed by atoms with Crippen LogP contribution in [-0.2, 0) is 16.9 Å². The van der Waals surface area contributed by atoms with Crippen LogP contribution in [0.25, 0.3) is 11.5 Å². The minimum absolute atomic E-state index is 0.0386. The predicted molar refractivity (Wildman–Crippen MR) is 77.3 cm³/mol. The van der Waals surface area contributed by atoms with Crippen LogP contribution in [0.4, 0.5) is 0 Å². The molecule has 106 valence electrons. The quantitative estimate of drug-likeness (QED) is 0.779. The fourth-order valence-corrected chi connectivity index (χ4v) is 3.27. The van der Waals surface area contributed by atoms with Crippen molar-refractivity contribution in [1.82, 2.24) is 14.5 Å². The van der Waals surface area contributed by atoms with E-state index in [1.807, 2.05) is 0 Å². The number of nitrogens with zero attached hydrogens (tertiary/aromatic N) is 3. The van der Waals surface area contributed by atoms with Crippen molar-refractivity contribution in [1.29, 1.82) is 0 Å². The van der Waals surface area contributed by atoms with Crippen molar-refractivity contribution in [3.05, 3.63) is 28.6 Å². The molecular formula is C12H12BrN3O3S. The highest BCUT2D eigenvalue weighted by Crippen LogP contribution is 2.27. The number of hydrogen-bond acceptors (Lipinski definition) is 5. The first kappa shape index (κ1) is 14.9. The van der Waals surface area contributed by atoms with E-state index >= 15 is 0 Å². The third-order valence-electron chi connectivity index (χ3n) is 2.89. The number of aromatic nitrogens is 3. The van der Waals surface area contributed by atoms with E-state index in [4.69, 9.17) is 0 Å². The maximum Gasteiger partial charge on any atom is 0.180 e. The zero-order chi connectivity index (χ0) is 14.9. The van der Waals surface area contributed by atoms with Gasteiger partial charge in [0.2, 0.25) is 0 Å². The van der Waals surface area contributed by atoms with Crippen molar-refractivity contribution in [3.63, 3.8) is 0 Å². The minimum atomic E-state index is -3.45. The molecule has 0 aliphatic heterocycles. The first-order valence-corrected chi connectivity index (χ1v) is 8.20. The van der Waals surface area contributed by atoms with E-state index in [1.165, 1.54) is 23.0 Å². The lowest BCUT2D eigenvalue weighted by Gasteiger charge is -2.09. The van der Waals surface area contributed by atoms with E-state index in [1.54, 1.807) is 14.0 Å². The number of sulfone groups is 1. The molecule has 6 nitrogen and oxygen atoms in total. The molecule has 0 aromatic carbocycles. The van der Waals surface area contributed by atoms with Gasteiger partial charge in [0.15, 0.2) is 21.9 Å². The molecule has 0 fully saturated rings. The van der Waals surface area contributed by atoms with E-state index < -0.39 is 9.84 Å². The highest BCUT2D eigenvalue weighted by Gasteiger charge is 2.22. The Morgan fingerprint density at radius 2 is 2.05 bits per heavy atom. The fraction of sp³-hybridized carbons (Fsp3) is 0.250. The molecule has 0 radical (unpaired) electrons. The molecule has 8 heteroatoms. The molecule has 0 aliphatic carbocycles. The number of pyridine rings is 1. The van der Waals surface area contributed by atoms with Gasteiger partial charge in [-0.3, -0.25) is 9.78 Å². The monoisotopic (exact) mass is 357 g/mol. The second-order valence-electron chi connectivity index (χ2n) is 4.09. The largest absolute Gasteiger partial charge is 0.324 e. The van der Waals surface area contributed by atoms with Gasteiger partial charge in [-0.15, -0.1) is 0 Å². The molecule has 0 bridgehead atoms. The molecule has 2 aromatic heterocycles. The number of imidazole rings is 1. The Bertz CT molecular complexity index is 768. The summed E-state index contributed by atoms with van der Waals surface area (Å²) < 4.78 is 26.4. The van der Waals surface area contributed by atoms with Crippen LogP contribution in [0, 0.1) is 0 Å². The third kappa shape index (κ3) is 2.53. The van der Waals surface area contributed by atoms with Crippen molar-refractivity contribution in [2.45, 2.75) is 11.8 Å². The molecule has 0 saturated carbocycles. The zero-order valence-electron chi connectivity index (χ0n) is 10.9. The van der Waals surface area contributed by atoms with Gasteiger partial charge >= 0.3 is 0 Å². The lowest BCUT2D eigenvalue weighted by molar-refractivity contribution is 0.111. The Hall–Kier alpha value is -1.54. The summed E-state index contributed by atoms with van der Waals surface area (Å²) in [5, 5.41) is 0. The number of hydrogen-bond donors (Lipinski definition) is 0. The summed E-state index contributed by atoms with van der Waals surface area (Å²) in [5.74, 6) is 0.301. The summed E-state index contributed by atoms with van der Waals surface area (Å²) >= 11 is 3.22. The van der Waals surface area contributed by atoms with E-state index in [-0.39, 0.29) is 16.3 Å². The van der Waals surface area contributed by atoms with Crippen LogP contribution in [0.1, 0.15) is 17.4 Å². The zero-order valence-corrected chi connectivity index (χ0v) is 13.3. The topological polar surface area (TPSA) is 81.9 Å². The summed E-state index contributed by atoms with van der Waals surface area (Å²) in [6.45, 7) is 1.56. The second kappa shape index (κ2) is 5.45. The van der Waals surface area contributed by atoms with Crippen LogP contribution < -0.4 is 0 Å². The molecule has 2 heterocycles. The van der Waals surface area contributed by atoms with Gasteiger partial charge in [-0.05, 0) is 22.0 Å². The Morgan fingerprint density at radius 3 is 2.60 bits per heavy atom. The van der Waals surface area contributed by atoms with Crippen molar-refractivity contribution in [2.75, 3.05) is 5.75 Å². The van der Waals surface area contributed by atoms with Crippen LogP contribution in [0.15, 0.2) is 27.8 Å². The van der Waals surface area contributed by atoms with Crippen molar-refractivity contribution >= 4 is 32.1 Å². The summed E-state index contributed by atoms with van der Waals surface area (Å²) in [6.07, 6.45) is 3.54. The van der Waals surface area contributed by atoms with Gasteiger partial charge in [0.05, 0.1) is 16.8 Å². The lowest BCUT2D eigenvalue weighted by Crippen LogP contribution is -2.09. The molecule has 0 atom stereocenters. The fourth-order valence-electron chi connectivity index (χ4n) is 1.73. The van der Waals surface area contributed by atoms with Gasteiger partial charge in [0.1, 0.15) is 11.4 Å². The third-order valence-corrected chi connectivity index (χ3v) is 5.07. The normalized spacial score (nSPS) is 11.6. The van der Waals surface area contributed by atoms with Crippen LogP contribution in [0.5, 0.6) is 0 Å². The molecule has 2 aromatic rings. The number of carbonyl (C=O) groups excluding carboxylic acids is 1. The van der Waals surface area contributed by atoms with Gasteiger partial charge < -0.3 is 4.57 Å². The highest BCUT2D eigenvalue weighted by molar-refractivity contribution is 9.10. The standard InChI is InChI=1S/C12H12BrN3O3S/c1-3-20(18,19)10-4-8(13)5-14-11(10)12-15-6-9(7-17)16(12)2/h4-7H,3H2,1-2H3. The van der Waals surface area contributed by atoms with E-state index in [2.05, 4.69) is 25.9 Å². The smallest absolute Gasteiger partial charge is 0.180 e. The molecule has 0 saturated heterocycles. The van der Waals surface area contributed by atoms with Gasteiger partial charge in [0, 0.05) is 17.7 Å². The minimum Gasteiger partial charge on any atom is -0.324 e. The molecule has 0 amide bonds. The Labute approximate surface area is 124 Å². The molecule has 0 N–H and O–H groups in total. The molecule has 0 aliphatic rings. The Balaban J connectivity index is 2.75. The summed E-state index contributed by atoms with van der Waals surface area (Å²) in [4.78, 5) is 19.2. The first-order valence-electron chi connectivity index (χ1n) is 5.76. The van der Waals surface area contributed by atoms with Crippen LogP contribution in [0.2, 0.25) is 0 Å². The SMILES string of the molecule is CCS(=O)(=O)c1cc(Br)cnc1-c1ncc(C=O)n1C. The number of rotatable bonds is 4. The van der Waals surface area contributed by atoms with Gasteiger partial charge in [0.25, 0.3) is 0 Å². The molecule has 0 spiro atoms. The van der Waals surface area contributed by atoms with Crippen molar-refractivity contribution in [3.8, 4) is 11.5 Å². The van der Waals surface area contributed by atoms with Crippen LogP contribution in [0.3, 0.4) is 0 Å². The summed E-state index contributed by atoms with van der Waals surface area (Å²) in [5.41, 5.74) is 0.593. The average Bonchev–Trinajstić information content (AvgIpc) is 2.80. The van der Waals surface area contributed by atoms with Crippen LogP contribution in [-0.4, -0.2) is 35.0 Å². The number of halogens is 1. The first-order chi connectivity index (χ1) is 9.40.